The Morgan fingerprint density at radius 1 is 0.964 bits per heavy atom. The van der Waals surface area contributed by atoms with Crippen molar-refractivity contribution in [1.29, 1.82) is 0 Å². The summed E-state index contributed by atoms with van der Waals surface area (Å²) >= 11 is 0. The van der Waals surface area contributed by atoms with Crippen molar-refractivity contribution in [2.24, 2.45) is 11.8 Å². The maximum absolute atomic E-state index is 12.2. The van der Waals surface area contributed by atoms with Crippen molar-refractivity contribution in [3.8, 4) is 11.5 Å². The van der Waals surface area contributed by atoms with Crippen LogP contribution in [0.5, 0.6) is 11.5 Å². The highest BCUT2D eigenvalue weighted by atomic mass is 16.5. The van der Waals surface area contributed by atoms with Gasteiger partial charge in [-0.15, -0.1) is 0 Å². The zero-order valence-electron chi connectivity index (χ0n) is 16.4. The molecular formula is C23H27NO4. The summed E-state index contributed by atoms with van der Waals surface area (Å²) < 4.78 is 10.9. The first-order chi connectivity index (χ1) is 13.5. The predicted octanol–water partition coefficient (Wildman–Crippen LogP) is 4.58. The van der Waals surface area contributed by atoms with Gasteiger partial charge in [-0.25, -0.2) is 4.79 Å². The van der Waals surface area contributed by atoms with Gasteiger partial charge in [0.05, 0.1) is 5.56 Å². The summed E-state index contributed by atoms with van der Waals surface area (Å²) in [4.78, 5) is 24.3. The van der Waals surface area contributed by atoms with Crippen molar-refractivity contribution in [3.05, 3.63) is 60.2 Å². The van der Waals surface area contributed by atoms with Crippen LogP contribution in [0.1, 0.15) is 43.5 Å². The Balaban J connectivity index is 1.47. The molecule has 0 saturated heterocycles. The molecule has 1 saturated carbocycles. The van der Waals surface area contributed by atoms with Crippen molar-refractivity contribution >= 4 is 11.9 Å². The highest BCUT2D eigenvalue weighted by Gasteiger charge is 2.28. The standard InChI is InChI=1S/C23H27NO4/c1-16-7-6-10-21(17(16)2)24-22(25)15-27-23(26)18-11-13-20(14-12-18)28-19-8-4-3-5-9-19/h3-5,8-9,11-14,16-17,21H,6-7,10,15H2,1-2H3,(H,24,25)/t16-,17+,21+/m0/s1. The molecule has 2 aromatic rings. The van der Waals surface area contributed by atoms with Crippen LogP contribution in [0.25, 0.3) is 0 Å². The molecule has 2 aromatic carbocycles. The molecule has 1 fully saturated rings. The second kappa shape index (κ2) is 9.40. The summed E-state index contributed by atoms with van der Waals surface area (Å²) in [5, 5.41) is 3.01. The van der Waals surface area contributed by atoms with Gasteiger partial charge < -0.3 is 14.8 Å². The van der Waals surface area contributed by atoms with Crippen LogP contribution in [0.15, 0.2) is 54.6 Å². The van der Waals surface area contributed by atoms with Crippen molar-refractivity contribution in [3.63, 3.8) is 0 Å². The maximum atomic E-state index is 12.2. The van der Waals surface area contributed by atoms with E-state index in [4.69, 9.17) is 9.47 Å². The molecule has 1 aliphatic carbocycles. The number of carbonyl (C=O) groups excluding carboxylic acids is 2. The first kappa shape index (κ1) is 19.9. The van der Waals surface area contributed by atoms with Crippen LogP contribution >= 0.6 is 0 Å². The van der Waals surface area contributed by atoms with Crippen molar-refractivity contribution in [1.82, 2.24) is 5.32 Å². The third-order valence-corrected chi connectivity index (χ3v) is 5.46. The molecule has 28 heavy (non-hydrogen) atoms. The third kappa shape index (κ3) is 5.35. The first-order valence-electron chi connectivity index (χ1n) is 9.82. The zero-order valence-corrected chi connectivity index (χ0v) is 16.4. The van der Waals surface area contributed by atoms with Crippen LogP contribution in [0, 0.1) is 11.8 Å². The molecule has 1 N–H and O–H groups in total. The lowest BCUT2D eigenvalue weighted by molar-refractivity contribution is -0.125. The Kier molecular flexibility index (Phi) is 6.69. The van der Waals surface area contributed by atoms with Gasteiger partial charge in [0, 0.05) is 6.04 Å². The van der Waals surface area contributed by atoms with Gasteiger partial charge in [0.1, 0.15) is 11.5 Å². The number of benzene rings is 2. The minimum atomic E-state index is -0.522. The van der Waals surface area contributed by atoms with Crippen LogP contribution in [-0.4, -0.2) is 24.5 Å². The molecule has 1 amide bonds. The summed E-state index contributed by atoms with van der Waals surface area (Å²) in [6.07, 6.45) is 3.30. The molecule has 0 heterocycles. The van der Waals surface area contributed by atoms with Gasteiger partial charge >= 0.3 is 5.97 Å². The molecule has 0 unspecified atom stereocenters. The number of nitrogens with one attached hydrogen (secondary N) is 1. The molecule has 148 valence electrons. The van der Waals surface area contributed by atoms with Crippen molar-refractivity contribution in [2.75, 3.05) is 6.61 Å². The number of esters is 1. The third-order valence-electron chi connectivity index (χ3n) is 5.46. The zero-order chi connectivity index (χ0) is 19.9. The number of amides is 1. The molecule has 0 aliphatic heterocycles. The van der Waals surface area contributed by atoms with E-state index in [-0.39, 0.29) is 18.6 Å². The van der Waals surface area contributed by atoms with E-state index < -0.39 is 5.97 Å². The average molecular weight is 381 g/mol. The maximum Gasteiger partial charge on any atom is 0.338 e. The SMILES string of the molecule is C[C@@H]1[C@@H](C)CCC[C@H]1NC(=O)COC(=O)c1ccc(Oc2ccccc2)cc1. The summed E-state index contributed by atoms with van der Waals surface area (Å²) in [6.45, 7) is 4.12. The fourth-order valence-corrected chi connectivity index (χ4v) is 3.53. The van der Waals surface area contributed by atoms with E-state index in [2.05, 4.69) is 19.2 Å². The van der Waals surface area contributed by atoms with Crippen LogP contribution in [0.3, 0.4) is 0 Å². The lowest BCUT2D eigenvalue weighted by Gasteiger charge is -2.34. The molecule has 5 nitrogen and oxygen atoms in total. The molecule has 0 spiro atoms. The van der Waals surface area contributed by atoms with Crippen molar-refractivity contribution in [2.45, 2.75) is 39.2 Å². The fraction of sp³-hybridized carbons (Fsp3) is 0.391. The van der Waals surface area contributed by atoms with Crippen molar-refractivity contribution < 1.29 is 19.1 Å². The van der Waals surface area contributed by atoms with E-state index >= 15 is 0 Å². The second-order valence-electron chi connectivity index (χ2n) is 7.46. The molecule has 3 rings (SSSR count). The van der Waals surface area contributed by atoms with Gasteiger partial charge in [-0.2, -0.15) is 0 Å². The second-order valence-corrected chi connectivity index (χ2v) is 7.46. The first-order valence-corrected chi connectivity index (χ1v) is 9.82. The van der Waals surface area contributed by atoms with E-state index in [9.17, 15) is 9.59 Å². The number of rotatable bonds is 6. The topological polar surface area (TPSA) is 64.6 Å². The quantitative estimate of drug-likeness (QED) is 0.744. The summed E-state index contributed by atoms with van der Waals surface area (Å²) in [5.74, 6) is 1.61. The Labute approximate surface area is 166 Å². The molecule has 3 atom stereocenters. The summed E-state index contributed by atoms with van der Waals surface area (Å²) in [5.41, 5.74) is 0.382. The Morgan fingerprint density at radius 3 is 2.36 bits per heavy atom. The number of hydrogen-bond acceptors (Lipinski definition) is 4. The van der Waals surface area contributed by atoms with Crippen LogP contribution in [0.4, 0.5) is 0 Å². The van der Waals surface area contributed by atoms with E-state index in [1.807, 2.05) is 30.3 Å². The summed E-state index contributed by atoms with van der Waals surface area (Å²) in [6, 6.07) is 16.2. The number of carbonyl (C=O) groups is 2. The molecule has 0 radical (unpaired) electrons. The molecular weight excluding hydrogens is 354 g/mol. The van der Waals surface area contributed by atoms with E-state index in [0.717, 1.165) is 18.6 Å². The van der Waals surface area contributed by atoms with Gasteiger partial charge in [-0.3, -0.25) is 4.79 Å². The lowest BCUT2D eigenvalue weighted by Crippen LogP contribution is -2.45. The van der Waals surface area contributed by atoms with Gasteiger partial charge in [-0.1, -0.05) is 44.9 Å². The molecule has 1 aliphatic rings. The lowest BCUT2D eigenvalue weighted by atomic mass is 9.78. The normalized spacial score (nSPS) is 21.6. The van der Waals surface area contributed by atoms with E-state index in [1.165, 1.54) is 6.42 Å². The van der Waals surface area contributed by atoms with Gasteiger partial charge in [0.25, 0.3) is 5.91 Å². The Hall–Kier alpha value is -2.82. The number of para-hydroxylation sites is 1. The molecule has 0 bridgehead atoms. The Bertz CT molecular complexity index is 788. The van der Waals surface area contributed by atoms with Gasteiger partial charge in [0.2, 0.25) is 0 Å². The highest BCUT2D eigenvalue weighted by Crippen LogP contribution is 2.29. The average Bonchev–Trinajstić information content (AvgIpc) is 2.71. The monoisotopic (exact) mass is 381 g/mol. The van der Waals surface area contributed by atoms with Crippen LogP contribution in [-0.2, 0) is 9.53 Å². The van der Waals surface area contributed by atoms with Gasteiger partial charge in [-0.05, 0) is 54.7 Å². The number of ether oxygens (including phenoxy) is 2. The largest absolute Gasteiger partial charge is 0.457 e. The number of hydrogen-bond donors (Lipinski definition) is 1. The highest BCUT2D eigenvalue weighted by molar-refractivity contribution is 5.91. The minimum absolute atomic E-state index is 0.157. The van der Waals surface area contributed by atoms with Crippen LogP contribution in [0.2, 0.25) is 0 Å². The Morgan fingerprint density at radius 2 is 1.64 bits per heavy atom. The minimum Gasteiger partial charge on any atom is -0.457 e. The summed E-state index contributed by atoms with van der Waals surface area (Å²) in [7, 11) is 0. The molecule has 0 aromatic heterocycles. The fourth-order valence-electron chi connectivity index (χ4n) is 3.53. The van der Waals surface area contributed by atoms with Crippen LogP contribution < -0.4 is 10.1 Å². The van der Waals surface area contributed by atoms with E-state index in [1.54, 1.807) is 24.3 Å². The van der Waals surface area contributed by atoms with E-state index in [0.29, 0.717) is 23.1 Å². The van der Waals surface area contributed by atoms with Gasteiger partial charge in [0.15, 0.2) is 6.61 Å². The molecule has 5 heteroatoms. The predicted molar refractivity (Wildman–Crippen MR) is 107 cm³/mol. The smallest absolute Gasteiger partial charge is 0.338 e.